The second kappa shape index (κ2) is 10.4. The second-order valence-corrected chi connectivity index (χ2v) is 13.1. The first kappa shape index (κ1) is 28.1. The van der Waals surface area contributed by atoms with E-state index in [1.165, 1.54) is 41.2 Å². The molecule has 4 aromatic rings. The number of allylic oxidation sites excluding steroid dienone is 1. The van der Waals surface area contributed by atoms with Gasteiger partial charge in [-0.05, 0) is 81.5 Å². The fraction of sp³-hybridized carbons (Fsp3) is 0.333. The lowest BCUT2D eigenvalue weighted by Crippen LogP contribution is -2.52. The van der Waals surface area contributed by atoms with Gasteiger partial charge in [0, 0.05) is 37.6 Å². The van der Waals surface area contributed by atoms with Crippen molar-refractivity contribution in [2.75, 3.05) is 0 Å². The molecule has 0 saturated heterocycles. The van der Waals surface area contributed by atoms with Crippen LogP contribution >= 0.6 is 0 Å². The molecule has 6 rings (SSSR count). The van der Waals surface area contributed by atoms with Crippen LogP contribution in [0.5, 0.6) is 0 Å². The van der Waals surface area contributed by atoms with Gasteiger partial charge in [0.25, 0.3) is 10.0 Å². The summed E-state index contributed by atoms with van der Waals surface area (Å²) in [7, 11) is -2.29. The molecule has 0 bridgehead atoms. The lowest BCUT2D eigenvalue weighted by Gasteiger charge is -2.47. The van der Waals surface area contributed by atoms with E-state index in [0.717, 1.165) is 22.9 Å². The van der Waals surface area contributed by atoms with Crippen molar-refractivity contribution < 1.29 is 22.0 Å². The van der Waals surface area contributed by atoms with Crippen molar-refractivity contribution in [1.82, 2.24) is 28.6 Å². The molecule has 3 aromatic heterocycles. The molecule has 42 heavy (non-hydrogen) atoms. The number of sulfonamides is 1. The van der Waals surface area contributed by atoms with Crippen LogP contribution in [0, 0.1) is 17.0 Å². The van der Waals surface area contributed by atoms with E-state index in [1.54, 1.807) is 48.5 Å². The van der Waals surface area contributed by atoms with Crippen LogP contribution in [-0.2, 0) is 23.5 Å². The zero-order valence-corrected chi connectivity index (χ0v) is 24.2. The summed E-state index contributed by atoms with van der Waals surface area (Å²) in [4.78, 5) is 22.7. The van der Waals surface area contributed by atoms with Crippen molar-refractivity contribution in [2.24, 2.45) is 12.5 Å². The van der Waals surface area contributed by atoms with Crippen LogP contribution in [0.3, 0.4) is 0 Å². The lowest BCUT2D eigenvalue weighted by molar-refractivity contribution is 0.0722. The Morgan fingerprint density at radius 1 is 1.12 bits per heavy atom. The number of fused-ring (bicyclic) bond motifs is 2. The summed E-state index contributed by atoms with van der Waals surface area (Å²) >= 11 is 0. The molecule has 1 aromatic carbocycles. The van der Waals surface area contributed by atoms with Crippen LogP contribution in [-0.4, -0.2) is 54.9 Å². The Morgan fingerprint density at radius 2 is 1.88 bits per heavy atom. The molecule has 2 aliphatic rings. The predicted molar refractivity (Wildman–Crippen MR) is 151 cm³/mol. The fourth-order valence-electron chi connectivity index (χ4n) is 6.39. The third-order valence-electron chi connectivity index (χ3n) is 8.19. The number of halogens is 2. The normalized spacial score (nSPS) is 20.4. The van der Waals surface area contributed by atoms with Crippen LogP contribution in [0.1, 0.15) is 54.9 Å². The van der Waals surface area contributed by atoms with Crippen LogP contribution in [0.2, 0.25) is 0 Å². The Bertz CT molecular complexity index is 1810. The van der Waals surface area contributed by atoms with E-state index in [2.05, 4.69) is 15.1 Å². The maximum Gasteiger partial charge on any atom is 0.262 e. The van der Waals surface area contributed by atoms with Gasteiger partial charge >= 0.3 is 0 Å². The minimum absolute atomic E-state index is 0.0143. The van der Waals surface area contributed by atoms with Crippen LogP contribution in [0.25, 0.3) is 11.8 Å². The number of hydrogen-bond acceptors (Lipinski definition) is 6. The van der Waals surface area contributed by atoms with E-state index < -0.39 is 33.3 Å². The molecule has 218 valence electrons. The molecule has 3 heterocycles. The molecule has 2 atom stereocenters. The Kier molecular flexibility index (Phi) is 6.93. The van der Waals surface area contributed by atoms with Crippen molar-refractivity contribution in [3.05, 3.63) is 95.5 Å². The number of nitrogens with zero attached hydrogens (tertiary/aromatic N) is 6. The number of pyridine rings is 1. The maximum absolute atomic E-state index is 14.4. The Labute approximate surface area is 242 Å². The van der Waals surface area contributed by atoms with Gasteiger partial charge in [-0.3, -0.25) is 9.78 Å². The van der Waals surface area contributed by atoms with Gasteiger partial charge < -0.3 is 4.57 Å². The summed E-state index contributed by atoms with van der Waals surface area (Å²) in [5.41, 5.74) is 1.84. The van der Waals surface area contributed by atoms with Crippen molar-refractivity contribution in [3.63, 3.8) is 0 Å². The molecule has 0 amide bonds. The Balaban J connectivity index is 1.46. The summed E-state index contributed by atoms with van der Waals surface area (Å²) in [6, 6.07) is 7.34. The third kappa shape index (κ3) is 4.68. The summed E-state index contributed by atoms with van der Waals surface area (Å²) < 4.78 is 60.4. The first-order valence-corrected chi connectivity index (χ1v) is 15.2. The van der Waals surface area contributed by atoms with Gasteiger partial charge in [-0.15, -0.1) is 0 Å². The topological polar surface area (TPSA) is 103 Å². The molecule has 9 nitrogen and oxygen atoms in total. The van der Waals surface area contributed by atoms with Crippen molar-refractivity contribution >= 4 is 21.9 Å². The van der Waals surface area contributed by atoms with Crippen LogP contribution in [0.15, 0.2) is 71.9 Å². The molecule has 0 spiro atoms. The van der Waals surface area contributed by atoms with Crippen molar-refractivity contribution in [2.45, 2.75) is 56.6 Å². The number of benzene rings is 1. The summed E-state index contributed by atoms with van der Waals surface area (Å²) in [5.74, 6) is -1.30. The third-order valence-corrected chi connectivity index (χ3v) is 10.2. The molecule has 0 N–H and O–H groups in total. The Morgan fingerprint density at radius 3 is 2.55 bits per heavy atom. The first-order valence-electron chi connectivity index (χ1n) is 13.7. The number of imidazole rings is 1. The number of carbonyl (C=O) groups is 1. The van der Waals surface area contributed by atoms with Gasteiger partial charge in [-0.2, -0.15) is 9.40 Å². The monoisotopic (exact) mass is 592 g/mol. The smallest absolute Gasteiger partial charge is 0.262 e. The molecule has 12 heteroatoms. The standard InChI is InChI=1S/C30H30F2N6O3S/c1-19(2)38(42(40,41)28-17-36(3)18-34-28)25-7-4-21-12-27-20(16-35-37(27)24-8-5-22(31)6-9-24)14-30(21,15-25)29(39)26-13-23(32)10-11-33-26/h5-6,8-13,16-19,25H,4,7,14-15H2,1-3H3/t25-,30-/m0/s1. The number of aromatic nitrogens is 5. The Hall–Kier alpha value is -4.03. The SMILES string of the molecule is CC(C)N([C@H]1CCC2=Cc3c(cnn3-c3ccc(F)cc3)C[C@]2(C(=O)c2cc(F)ccn2)C1)S(=O)(=O)c1cn(C)cn1. The number of carbonyl (C=O) groups excluding carboxylic acids is 1. The quantitative estimate of drug-likeness (QED) is 0.287. The molecule has 0 aliphatic heterocycles. The van der Waals surface area contributed by atoms with E-state index >= 15 is 0 Å². The highest BCUT2D eigenvalue weighted by atomic mass is 32.2. The zero-order valence-electron chi connectivity index (χ0n) is 23.4. The van der Waals surface area contributed by atoms with E-state index in [9.17, 15) is 22.0 Å². The van der Waals surface area contributed by atoms with Crippen LogP contribution in [0.4, 0.5) is 8.78 Å². The van der Waals surface area contributed by atoms with Crippen molar-refractivity contribution in [1.29, 1.82) is 0 Å². The predicted octanol–water partition coefficient (Wildman–Crippen LogP) is 4.74. The molecule has 2 aliphatic carbocycles. The molecule has 1 fully saturated rings. The minimum atomic E-state index is -3.99. The van der Waals surface area contributed by atoms with Gasteiger partial charge in [0.05, 0.1) is 29.3 Å². The number of Topliss-reactive ketones (excluding diaryl/α,β-unsaturated/α-hetero) is 1. The maximum atomic E-state index is 14.4. The lowest BCUT2D eigenvalue weighted by atomic mass is 9.60. The number of hydrogen-bond donors (Lipinski definition) is 0. The minimum Gasteiger partial charge on any atom is -0.339 e. The zero-order chi connectivity index (χ0) is 29.8. The molecular weight excluding hydrogens is 562 g/mol. The van der Waals surface area contributed by atoms with Gasteiger partial charge in [-0.25, -0.2) is 26.9 Å². The average molecular weight is 593 g/mol. The largest absolute Gasteiger partial charge is 0.339 e. The van der Waals surface area contributed by atoms with Gasteiger partial charge in [0.1, 0.15) is 17.3 Å². The summed E-state index contributed by atoms with van der Waals surface area (Å²) in [5, 5.41) is 4.49. The average Bonchev–Trinajstić information content (AvgIpc) is 3.57. The summed E-state index contributed by atoms with van der Waals surface area (Å²) in [6.45, 7) is 3.61. The van der Waals surface area contributed by atoms with E-state index in [1.807, 2.05) is 6.08 Å². The first-order chi connectivity index (χ1) is 20.0. The highest BCUT2D eigenvalue weighted by Crippen LogP contribution is 2.51. The highest BCUT2D eigenvalue weighted by Gasteiger charge is 2.52. The van der Waals surface area contributed by atoms with Crippen LogP contribution < -0.4 is 0 Å². The van der Waals surface area contributed by atoms with E-state index in [-0.39, 0.29) is 35.2 Å². The molecular formula is C30H30F2N6O3S. The number of aryl methyl sites for hydroxylation is 1. The number of ketones is 1. The van der Waals surface area contributed by atoms with Gasteiger partial charge in [0.2, 0.25) is 0 Å². The van der Waals surface area contributed by atoms with Crippen molar-refractivity contribution in [3.8, 4) is 5.69 Å². The molecule has 1 saturated carbocycles. The molecule has 0 unspecified atom stereocenters. The molecule has 0 radical (unpaired) electrons. The van der Waals surface area contributed by atoms with Gasteiger partial charge in [-0.1, -0.05) is 5.57 Å². The van der Waals surface area contributed by atoms with E-state index in [4.69, 9.17) is 0 Å². The van der Waals surface area contributed by atoms with E-state index in [0.29, 0.717) is 18.5 Å². The summed E-state index contributed by atoms with van der Waals surface area (Å²) in [6.07, 6.45) is 9.09. The fourth-order valence-corrected chi connectivity index (χ4v) is 8.21. The second-order valence-electron chi connectivity index (χ2n) is 11.3. The highest BCUT2D eigenvalue weighted by molar-refractivity contribution is 7.89. The number of rotatable bonds is 7. The van der Waals surface area contributed by atoms with Gasteiger partial charge in [0.15, 0.2) is 10.8 Å².